The lowest BCUT2D eigenvalue weighted by atomic mass is 10.1. The molecule has 0 aliphatic carbocycles. The lowest BCUT2D eigenvalue weighted by molar-refractivity contribution is -0.141. The van der Waals surface area contributed by atoms with E-state index < -0.39 is 0 Å². The van der Waals surface area contributed by atoms with Gasteiger partial charge >= 0.3 is 5.97 Å². The zero-order valence-electron chi connectivity index (χ0n) is 16.5. The van der Waals surface area contributed by atoms with Gasteiger partial charge in [0.1, 0.15) is 11.8 Å². The molecule has 0 spiro atoms. The molecular formula is C21H19ClN4O2S2. The number of hydrogen-bond donors (Lipinski definition) is 0. The van der Waals surface area contributed by atoms with Gasteiger partial charge in [-0.3, -0.25) is 4.79 Å². The van der Waals surface area contributed by atoms with Crippen LogP contribution in [0.1, 0.15) is 18.1 Å². The van der Waals surface area contributed by atoms with E-state index in [0.717, 1.165) is 33.7 Å². The Labute approximate surface area is 187 Å². The highest BCUT2D eigenvalue weighted by atomic mass is 35.5. The molecule has 0 amide bonds. The van der Waals surface area contributed by atoms with Crippen LogP contribution in [-0.4, -0.2) is 31.5 Å². The number of thioether (sulfide) groups is 1. The summed E-state index contributed by atoms with van der Waals surface area (Å²) in [6.07, 6.45) is 0. The maximum Gasteiger partial charge on any atom is 0.316 e. The third-order valence-electron chi connectivity index (χ3n) is 4.48. The molecule has 0 N–H and O–H groups in total. The van der Waals surface area contributed by atoms with E-state index in [1.807, 2.05) is 60.2 Å². The fourth-order valence-electron chi connectivity index (χ4n) is 2.99. The number of esters is 1. The normalized spacial score (nSPS) is 11.2. The van der Waals surface area contributed by atoms with Gasteiger partial charge in [-0.1, -0.05) is 41.6 Å². The first-order valence-corrected chi connectivity index (χ1v) is 11.6. The van der Waals surface area contributed by atoms with Gasteiger partial charge in [0.05, 0.1) is 16.1 Å². The zero-order valence-corrected chi connectivity index (χ0v) is 18.9. The first kappa shape index (κ1) is 20.8. The van der Waals surface area contributed by atoms with Crippen molar-refractivity contribution >= 4 is 51.6 Å². The molecule has 0 saturated heterocycles. The van der Waals surface area contributed by atoms with E-state index in [9.17, 15) is 4.79 Å². The summed E-state index contributed by atoms with van der Waals surface area (Å²) in [5, 5.41) is 12.5. The van der Waals surface area contributed by atoms with E-state index in [1.165, 1.54) is 11.8 Å². The van der Waals surface area contributed by atoms with Gasteiger partial charge in [-0.25, -0.2) is 4.98 Å². The lowest BCUT2D eigenvalue weighted by Crippen LogP contribution is -2.09. The molecule has 0 bridgehead atoms. The molecular weight excluding hydrogens is 440 g/mol. The highest BCUT2D eigenvalue weighted by Crippen LogP contribution is 2.27. The van der Waals surface area contributed by atoms with Crippen LogP contribution < -0.4 is 0 Å². The fourth-order valence-corrected chi connectivity index (χ4v) is 4.71. The fraction of sp³-hybridized carbons (Fsp3) is 0.238. The minimum Gasteiger partial charge on any atom is -0.460 e. The summed E-state index contributed by atoms with van der Waals surface area (Å²) in [5.74, 6) is 0.608. The SMILES string of the molecule is CCn1c(SCC(=O)OCc2cc3ccc(C)cc3nc2Cl)nnc1-c1cccs1. The third kappa shape index (κ3) is 4.50. The smallest absolute Gasteiger partial charge is 0.316 e. The Kier molecular flexibility index (Phi) is 6.36. The summed E-state index contributed by atoms with van der Waals surface area (Å²) < 4.78 is 7.41. The highest BCUT2D eigenvalue weighted by Gasteiger charge is 2.16. The number of pyridine rings is 1. The summed E-state index contributed by atoms with van der Waals surface area (Å²) in [6, 6.07) is 11.9. The number of carbonyl (C=O) groups excluding carboxylic acids is 1. The number of nitrogens with zero attached hydrogens (tertiary/aromatic N) is 4. The molecule has 4 rings (SSSR count). The van der Waals surface area contributed by atoms with Crippen molar-refractivity contribution in [2.24, 2.45) is 0 Å². The van der Waals surface area contributed by atoms with Crippen LogP contribution in [0.15, 0.2) is 46.9 Å². The first-order chi connectivity index (χ1) is 14.5. The third-order valence-corrected chi connectivity index (χ3v) is 6.62. The first-order valence-electron chi connectivity index (χ1n) is 9.36. The Bertz CT molecular complexity index is 1190. The van der Waals surface area contributed by atoms with Gasteiger partial charge in [0.2, 0.25) is 0 Å². The summed E-state index contributed by atoms with van der Waals surface area (Å²) >= 11 is 9.20. The lowest BCUT2D eigenvalue weighted by Gasteiger charge is -2.09. The maximum atomic E-state index is 12.3. The van der Waals surface area contributed by atoms with Crippen LogP contribution in [0.4, 0.5) is 0 Å². The molecule has 6 nitrogen and oxygen atoms in total. The molecule has 154 valence electrons. The Balaban J connectivity index is 1.38. The van der Waals surface area contributed by atoms with E-state index >= 15 is 0 Å². The van der Waals surface area contributed by atoms with Crippen LogP contribution in [0.25, 0.3) is 21.6 Å². The highest BCUT2D eigenvalue weighted by molar-refractivity contribution is 7.99. The van der Waals surface area contributed by atoms with E-state index in [0.29, 0.717) is 15.9 Å². The van der Waals surface area contributed by atoms with E-state index in [-0.39, 0.29) is 18.3 Å². The van der Waals surface area contributed by atoms with Gasteiger partial charge in [-0.2, -0.15) is 0 Å². The monoisotopic (exact) mass is 458 g/mol. The van der Waals surface area contributed by atoms with Crippen molar-refractivity contribution in [2.45, 2.75) is 32.2 Å². The number of fused-ring (bicyclic) bond motifs is 1. The number of benzene rings is 1. The molecule has 0 fully saturated rings. The Hall–Kier alpha value is -2.42. The molecule has 0 unspecified atom stereocenters. The maximum absolute atomic E-state index is 12.3. The number of aryl methyl sites for hydroxylation is 1. The quantitative estimate of drug-likeness (QED) is 0.210. The second kappa shape index (κ2) is 9.16. The molecule has 3 aromatic heterocycles. The number of rotatable bonds is 7. The number of carbonyl (C=O) groups is 1. The molecule has 0 saturated carbocycles. The van der Waals surface area contributed by atoms with Crippen molar-refractivity contribution in [1.82, 2.24) is 19.7 Å². The number of thiophene rings is 1. The predicted molar refractivity (Wildman–Crippen MR) is 121 cm³/mol. The van der Waals surface area contributed by atoms with Crippen molar-refractivity contribution in [3.05, 3.63) is 58.1 Å². The summed E-state index contributed by atoms with van der Waals surface area (Å²) in [5.41, 5.74) is 2.62. The van der Waals surface area contributed by atoms with Crippen LogP contribution in [0.3, 0.4) is 0 Å². The largest absolute Gasteiger partial charge is 0.460 e. The van der Waals surface area contributed by atoms with Crippen LogP contribution in [-0.2, 0) is 22.7 Å². The molecule has 3 heterocycles. The predicted octanol–water partition coefficient (Wildman–Crippen LogP) is 5.37. The van der Waals surface area contributed by atoms with Gasteiger partial charge in [0.15, 0.2) is 11.0 Å². The van der Waals surface area contributed by atoms with Gasteiger partial charge in [-0.15, -0.1) is 21.5 Å². The average Bonchev–Trinajstić information content (AvgIpc) is 3.39. The number of halogens is 1. The molecule has 0 aliphatic heterocycles. The van der Waals surface area contributed by atoms with Crippen molar-refractivity contribution in [2.75, 3.05) is 5.75 Å². The van der Waals surface area contributed by atoms with Crippen molar-refractivity contribution < 1.29 is 9.53 Å². The second-order valence-corrected chi connectivity index (χ2v) is 8.86. The molecule has 0 atom stereocenters. The minimum atomic E-state index is -0.344. The van der Waals surface area contributed by atoms with Gasteiger partial charge < -0.3 is 9.30 Å². The molecule has 4 aromatic rings. The number of ether oxygens (including phenoxy) is 1. The summed E-state index contributed by atoms with van der Waals surface area (Å²) in [4.78, 5) is 17.7. The zero-order chi connectivity index (χ0) is 21.1. The molecule has 1 aromatic carbocycles. The van der Waals surface area contributed by atoms with Crippen molar-refractivity contribution in [3.63, 3.8) is 0 Å². The molecule has 0 aliphatic rings. The van der Waals surface area contributed by atoms with Crippen molar-refractivity contribution in [3.8, 4) is 10.7 Å². The number of hydrogen-bond acceptors (Lipinski definition) is 7. The summed E-state index contributed by atoms with van der Waals surface area (Å²) in [7, 11) is 0. The van der Waals surface area contributed by atoms with Crippen LogP contribution in [0.2, 0.25) is 5.15 Å². The Morgan fingerprint density at radius 2 is 2.13 bits per heavy atom. The van der Waals surface area contributed by atoms with Crippen LogP contribution >= 0.6 is 34.7 Å². The van der Waals surface area contributed by atoms with Crippen molar-refractivity contribution in [1.29, 1.82) is 0 Å². The van der Waals surface area contributed by atoms with Crippen LogP contribution in [0.5, 0.6) is 0 Å². The minimum absolute atomic E-state index is 0.0793. The van der Waals surface area contributed by atoms with Gasteiger partial charge in [-0.05, 0) is 43.0 Å². The number of aromatic nitrogens is 4. The van der Waals surface area contributed by atoms with E-state index in [4.69, 9.17) is 16.3 Å². The van der Waals surface area contributed by atoms with Gasteiger partial charge in [0.25, 0.3) is 0 Å². The molecule has 0 radical (unpaired) electrons. The van der Waals surface area contributed by atoms with Gasteiger partial charge in [0, 0.05) is 17.5 Å². The van der Waals surface area contributed by atoms with E-state index in [1.54, 1.807) is 11.3 Å². The van der Waals surface area contributed by atoms with E-state index in [2.05, 4.69) is 15.2 Å². The molecule has 30 heavy (non-hydrogen) atoms. The molecule has 9 heteroatoms. The second-order valence-electron chi connectivity index (χ2n) is 6.61. The topological polar surface area (TPSA) is 69.9 Å². The average molecular weight is 459 g/mol. The standard InChI is InChI=1S/C21H19ClN4O2S2/c1-3-26-20(17-5-4-8-29-17)24-25-21(26)30-12-18(27)28-11-15-10-14-7-6-13(2)9-16(14)23-19(15)22/h4-10H,3,11-12H2,1-2H3. The summed E-state index contributed by atoms with van der Waals surface area (Å²) in [6.45, 7) is 4.83. The Morgan fingerprint density at radius 3 is 2.90 bits per heavy atom. The Morgan fingerprint density at radius 1 is 1.27 bits per heavy atom. The van der Waals surface area contributed by atoms with Crippen LogP contribution in [0, 0.1) is 6.92 Å².